The SMILES string of the molecule is CCCc1c(C(C)=O)c2ccc(C(=O)O)cc2n1Cc1ccccc1Cl. The Labute approximate surface area is 157 Å². The van der Waals surface area contributed by atoms with E-state index in [2.05, 4.69) is 6.92 Å². The molecule has 0 aliphatic heterocycles. The van der Waals surface area contributed by atoms with E-state index in [0.29, 0.717) is 17.1 Å². The first-order chi connectivity index (χ1) is 12.4. The molecule has 0 saturated carbocycles. The Bertz CT molecular complexity index is 1000. The topological polar surface area (TPSA) is 59.3 Å². The van der Waals surface area contributed by atoms with Crippen molar-refractivity contribution in [2.24, 2.45) is 0 Å². The standard InChI is InChI=1S/C21H20ClNO3/c1-3-6-18-20(13(2)24)16-10-9-14(21(25)26)11-19(16)23(18)12-15-7-4-5-8-17(15)22/h4-5,7-11H,3,6,12H2,1-2H3,(H,25,26). The molecule has 1 N–H and O–H groups in total. The molecule has 2 aromatic carbocycles. The summed E-state index contributed by atoms with van der Waals surface area (Å²) in [6, 6.07) is 12.5. The van der Waals surface area contributed by atoms with Gasteiger partial charge < -0.3 is 9.67 Å². The number of ketones is 1. The van der Waals surface area contributed by atoms with Gasteiger partial charge in [0.25, 0.3) is 0 Å². The molecule has 1 aromatic heterocycles. The van der Waals surface area contributed by atoms with Crippen LogP contribution in [0.25, 0.3) is 10.9 Å². The highest BCUT2D eigenvalue weighted by Crippen LogP contribution is 2.31. The predicted octanol–water partition coefficient (Wildman–Crippen LogP) is 5.20. The van der Waals surface area contributed by atoms with Gasteiger partial charge in [0.15, 0.2) is 5.78 Å². The molecule has 0 saturated heterocycles. The lowest BCUT2D eigenvalue weighted by molar-refractivity contribution is 0.0697. The van der Waals surface area contributed by atoms with Crippen molar-refractivity contribution in [3.05, 3.63) is 69.9 Å². The minimum atomic E-state index is -0.987. The van der Waals surface area contributed by atoms with Crippen molar-refractivity contribution in [1.82, 2.24) is 4.57 Å². The summed E-state index contributed by atoms with van der Waals surface area (Å²) in [6.07, 6.45) is 1.61. The molecule has 0 unspecified atom stereocenters. The zero-order valence-corrected chi connectivity index (χ0v) is 15.5. The molecule has 0 spiro atoms. The number of aromatic carboxylic acids is 1. The fourth-order valence-corrected chi connectivity index (χ4v) is 3.60. The number of nitrogens with zero attached hydrogens (tertiary/aromatic N) is 1. The van der Waals surface area contributed by atoms with Gasteiger partial charge >= 0.3 is 5.97 Å². The number of fused-ring (bicyclic) bond motifs is 1. The van der Waals surface area contributed by atoms with Crippen molar-refractivity contribution in [3.63, 3.8) is 0 Å². The average molecular weight is 370 g/mol. The Balaban J connectivity index is 2.31. The number of halogens is 1. The normalized spacial score (nSPS) is 11.0. The van der Waals surface area contributed by atoms with E-state index in [1.807, 2.05) is 28.8 Å². The largest absolute Gasteiger partial charge is 0.478 e. The summed E-state index contributed by atoms with van der Waals surface area (Å²) >= 11 is 6.33. The Hall–Kier alpha value is -2.59. The van der Waals surface area contributed by atoms with Gasteiger partial charge in [-0.15, -0.1) is 0 Å². The van der Waals surface area contributed by atoms with E-state index in [-0.39, 0.29) is 11.3 Å². The van der Waals surface area contributed by atoms with Crippen LogP contribution in [0.4, 0.5) is 0 Å². The number of hydrogen-bond donors (Lipinski definition) is 1. The van der Waals surface area contributed by atoms with Crippen LogP contribution in [0.5, 0.6) is 0 Å². The second-order valence-corrected chi connectivity index (χ2v) is 6.75. The summed E-state index contributed by atoms with van der Waals surface area (Å²) in [6.45, 7) is 4.10. The number of rotatable bonds is 6. The zero-order chi connectivity index (χ0) is 18.8. The van der Waals surface area contributed by atoms with Gasteiger partial charge in [-0.1, -0.05) is 49.2 Å². The van der Waals surface area contributed by atoms with Gasteiger partial charge in [0.05, 0.1) is 11.1 Å². The first kappa shape index (κ1) is 18.2. The van der Waals surface area contributed by atoms with Crippen LogP contribution < -0.4 is 0 Å². The summed E-state index contributed by atoms with van der Waals surface area (Å²) in [4.78, 5) is 23.8. The van der Waals surface area contributed by atoms with Crippen molar-refractivity contribution in [2.45, 2.75) is 33.2 Å². The third kappa shape index (κ3) is 3.25. The van der Waals surface area contributed by atoms with Crippen LogP contribution in [0, 0.1) is 0 Å². The molecule has 3 aromatic rings. The molecule has 0 bridgehead atoms. The van der Waals surface area contributed by atoms with Gasteiger partial charge in [-0.25, -0.2) is 4.79 Å². The second kappa shape index (κ2) is 7.34. The first-order valence-electron chi connectivity index (χ1n) is 8.56. The number of carboxylic acids is 1. The summed E-state index contributed by atoms with van der Waals surface area (Å²) in [7, 11) is 0. The lowest BCUT2D eigenvalue weighted by atomic mass is 10.0. The fraction of sp³-hybridized carbons (Fsp3) is 0.238. The quantitative estimate of drug-likeness (QED) is 0.608. The zero-order valence-electron chi connectivity index (χ0n) is 14.8. The number of Topliss-reactive ketones (excluding diaryl/α,β-unsaturated/α-hetero) is 1. The maximum Gasteiger partial charge on any atom is 0.335 e. The van der Waals surface area contributed by atoms with Crippen molar-refractivity contribution in [2.75, 3.05) is 0 Å². The lowest BCUT2D eigenvalue weighted by Gasteiger charge is -2.13. The van der Waals surface area contributed by atoms with Gasteiger partial charge in [-0.05, 0) is 37.1 Å². The van der Waals surface area contributed by atoms with Gasteiger partial charge in [0.1, 0.15) is 0 Å². The number of hydrogen-bond acceptors (Lipinski definition) is 2. The third-order valence-electron chi connectivity index (χ3n) is 4.54. The number of benzene rings is 2. The van der Waals surface area contributed by atoms with Gasteiger partial charge in [-0.3, -0.25) is 4.79 Å². The summed E-state index contributed by atoms with van der Waals surface area (Å²) in [5, 5.41) is 10.8. The van der Waals surface area contributed by atoms with E-state index in [4.69, 9.17) is 11.6 Å². The molecule has 0 amide bonds. The highest BCUT2D eigenvalue weighted by molar-refractivity contribution is 6.31. The first-order valence-corrected chi connectivity index (χ1v) is 8.94. The lowest BCUT2D eigenvalue weighted by Crippen LogP contribution is -2.08. The monoisotopic (exact) mass is 369 g/mol. The molecule has 0 atom stereocenters. The van der Waals surface area contributed by atoms with Crippen LogP contribution >= 0.6 is 11.6 Å². The molecule has 0 aliphatic carbocycles. The van der Waals surface area contributed by atoms with E-state index in [0.717, 1.165) is 35.0 Å². The number of carbonyl (C=O) groups excluding carboxylic acids is 1. The predicted molar refractivity (Wildman–Crippen MR) is 103 cm³/mol. The van der Waals surface area contributed by atoms with Crippen molar-refractivity contribution in [1.29, 1.82) is 0 Å². The third-order valence-corrected chi connectivity index (χ3v) is 4.91. The van der Waals surface area contributed by atoms with E-state index in [9.17, 15) is 14.7 Å². The Kier molecular flexibility index (Phi) is 5.14. The van der Waals surface area contributed by atoms with Gasteiger partial charge in [0.2, 0.25) is 0 Å². The van der Waals surface area contributed by atoms with Crippen molar-refractivity contribution in [3.8, 4) is 0 Å². The molecule has 0 fully saturated rings. The number of carboxylic acid groups (broad SMARTS) is 1. The van der Waals surface area contributed by atoms with Crippen LogP contribution in [-0.2, 0) is 13.0 Å². The van der Waals surface area contributed by atoms with E-state index < -0.39 is 5.97 Å². The molecule has 3 rings (SSSR count). The maximum atomic E-state index is 12.4. The van der Waals surface area contributed by atoms with Gasteiger partial charge in [-0.2, -0.15) is 0 Å². The Morgan fingerprint density at radius 2 is 1.88 bits per heavy atom. The molecule has 0 aliphatic rings. The van der Waals surface area contributed by atoms with E-state index in [1.165, 1.54) is 0 Å². The van der Waals surface area contributed by atoms with Crippen LogP contribution in [-0.4, -0.2) is 21.4 Å². The minimum Gasteiger partial charge on any atom is -0.478 e. The molecule has 4 nitrogen and oxygen atoms in total. The van der Waals surface area contributed by atoms with Crippen molar-refractivity contribution < 1.29 is 14.7 Å². The second-order valence-electron chi connectivity index (χ2n) is 6.34. The maximum absolute atomic E-state index is 12.4. The van der Waals surface area contributed by atoms with Gasteiger partial charge in [0, 0.05) is 28.2 Å². The summed E-state index contributed by atoms with van der Waals surface area (Å²) in [5.74, 6) is -1.00. The van der Waals surface area contributed by atoms with Crippen molar-refractivity contribution >= 4 is 34.3 Å². The van der Waals surface area contributed by atoms with E-state index >= 15 is 0 Å². The highest BCUT2D eigenvalue weighted by Gasteiger charge is 2.21. The smallest absolute Gasteiger partial charge is 0.335 e. The van der Waals surface area contributed by atoms with Crippen LogP contribution in [0.3, 0.4) is 0 Å². The molecule has 0 radical (unpaired) electrons. The Morgan fingerprint density at radius 1 is 1.15 bits per heavy atom. The summed E-state index contributed by atoms with van der Waals surface area (Å²) < 4.78 is 2.03. The average Bonchev–Trinajstić information content (AvgIpc) is 2.90. The van der Waals surface area contributed by atoms with Crippen LogP contribution in [0.2, 0.25) is 5.02 Å². The highest BCUT2D eigenvalue weighted by atomic mass is 35.5. The molecule has 1 heterocycles. The molecule has 134 valence electrons. The number of carbonyl (C=O) groups is 2. The minimum absolute atomic E-state index is 0.0144. The molecular weight excluding hydrogens is 350 g/mol. The molecule has 26 heavy (non-hydrogen) atoms. The molecular formula is C21H20ClNO3. The summed E-state index contributed by atoms with van der Waals surface area (Å²) in [5.41, 5.74) is 3.48. The van der Waals surface area contributed by atoms with E-state index in [1.54, 1.807) is 25.1 Å². The molecule has 5 heteroatoms. The fourth-order valence-electron chi connectivity index (χ4n) is 3.40. The van der Waals surface area contributed by atoms with Crippen LogP contribution in [0.15, 0.2) is 42.5 Å². The Morgan fingerprint density at radius 3 is 2.50 bits per heavy atom. The number of aromatic nitrogens is 1. The van der Waals surface area contributed by atoms with Crippen LogP contribution in [0.1, 0.15) is 52.2 Å².